The molecule has 0 unspecified atom stereocenters. The number of para-hydroxylation sites is 1. The van der Waals surface area contributed by atoms with E-state index in [2.05, 4.69) is 45.0 Å². The van der Waals surface area contributed by atoms with Gasteiger partial charge in [-0.05, 0) is 43.0 Å². The van der Waals surface area contributed by atoms with Gasteiger partial charge in [0.05, 0.1) is 7.11 Å². The topological polar surface area (TPSA) is 81.7 Å². The molecule has 0 saturated heterocycles. The second-order valence-electron chi connectivity index (χ2n) is 6.54. The molecule has 28 heavy (non-hydrogen) atoms. The number of fused-ring (bicyclic) bond motifs is 1. The third-order valence-electron chi connectivity index (χ3n) is 4.65. The number of ether oxygens (including phenoxy) is 1. The number of hydrogen-bond donors (Lipinski definition) is 4. The van der Waals surface area contributed by atoms with Gasteiger partial charge in [0.15, 0.2) is 5.96 Å². The van der Waals surface area contributed by atoms with Crippen LogP contribution in [0.1, 0.15) is 18.1 Å². The number of guanidine groups is 1. The molecule has 0 bridgehead atoms. The minimum absolute atomic E-state index is 0.242. The number of aromatic nitrogens is 1. The van der Waals surface area contributed by atoms with E-state index in [-0.39, 0.29) is 5.75 Å². The molecule has 0 aliphatic rings. The molecular formula is C22H28N4O2. The number of H-pyrrole nitrogens is 1. The van der Waals surface area contributed by atoms with Crippen LogP contribution in [0.5, 0.6) is 11.5 Å². The molecule has 6 heteroatoms. The lowest BCUT2D eigenvalue weighted by Crippen LogP contribution is -2.38. The second-order valence-corrected chi connectivity index (χ2v) is 6.54. The first kappa shape index (κ1) is 19.6. The van der Waals surface area contributed by atoms with Gasteiger partial charge in [0, 0.05) is 42.8 Å². The van der Waals surface area contributed by atoms with Gasteiger partial charge < -0.3 is 25.5 Å². The molecule has 3 aromatic rings. The minimum Gasteiger partial charge on any atom is -0.508 e. The number of aromatic amines is 1. The van der Waals surface area contributed by atoms with E-state index < -0.39 is 0 Å². The Bertz CT molecular complexity index is 933. The summed E-state index contributed by atoms with van der Waals surface area (Å²) < 4.78 is 5.12. The van der Waals surface area contributed by atoms with Gasteiger partial charge in [0.1, 0.15) is 11.5 Å². The number of nitrogens with zero attached hydrogens (tertiary/aromatic N) is 1. The Morgan fingerprint density at radius 2 is 1.96 bits per heavy atom. The molecule has 0 aliphatic carbocycles. The van der Waals surface area contributed by atoms with Crippen LogP contribution in [0.2, 0.25) is 0 Å². The van der Waals surface area contributed by atoms with E-state index in [9.17, 15) is 5.11 Å². The van der Waals surface area contributed by atoms with E-state index in [4.69, 9.17) is 4.74 Å². The smallest absolute Gasteiger partial charge is 0.191 e. The third-order valence-corrected chi connectivity index (χ3v) is 4.65. The number of methoxy groups -OCH3 is 1. The van der Waals surface area contributed by atoms with E-state index in [1.165, 1.54) is 10.9 Å². The van der Waals surface area contributed by atoms with Crippen LogP contribution in [0.3, 0.4) is 0 Å². The molecule has 0 radical (unpaired) electrons. The SMILES string of the molecule is CCNC(=NCCc1ccc(OC)cc1O)NCCc1c[nH]c2ccccc12. The Labute approximate surface area is 165 Å². The number of nitrogens with one attached hydrogen (secondary N) is 3. The summed E-state index contributed by atoms with van der Waals surface area (Å²) in [4.78, 5) is 7.93. The van der Waals surface area contributed by atoms with Crippen molar-refractivity contribution >= 4 is 16.9 Å². The highest BCUT2D eigenvalue weighted by Gasteiger charge is 2.05. The molecule has 148 valence electrons. The number of hydrogen-bond acceptors (Lipinski definition) is 3. The third kappa shape index (κ3) is 4.97. The Balaban J connectivity index is 1.54. The van der Waals surface area contributed by atoms with Crippen molar-refractivity contribution in [3.05, 3.63) is 59.8 Å². The van der Waals surface area contributed by atoms with Crippen molar-refractivity contribution in [3.63, 3.8) is 0 Å². The largest absolute Gasteiger partial charge is 0.508 e. The summed E-state index contributed by atoms with van der Waals surface area (Å²) in [7, 11) is 1.59. The summed E-state index contributed by atoms with van der Waals surface area (Å²) in [6, 6.07) is 13.7. The molecule has 3 rings (SSSR count). The van der Waals surface area contributed by atoms with Gasteiger partial charge in [0.2, 0.25) is 0 Å². The van der Waals surface area contributed by atoms with Gasteiger partial charge in [-0.3, -0.25) is 4.99 Å². The van der Waals surface area contributed by atoms with E-state index in [0.29, 0.717) is 18.7 Å². The summed E-state index contributed by atoms with van der Waals surface area (Å²) in [5.41, 5.74) is 3.32. The van der Waals surface area contributed by atoms with Crippen molar-refractivity contribution in [2.75, 3.05) is 26.7 Å². The molecule has 6 nitrogen and oxygen atoms in total. The molecule has 0 fully saturated rings. The van der Waals surface area contributed by atoms with E-state index in [0.717, 1.165) is 36.6 Å². The Kier molecular flexibility index (Phi) is 6.78. The number of benzene rings is 2. The Hall–Kier alpha value is -3.15. The van der Waals surface area contributed by atoms with E-state index in [1.54, 1.807) is 13.2 Å². The van der Waals surface area contributed by atoms with Crippen molar-refractivity contribution in [1.82, 2.24) is 15.6 Å². The van der Waals surface area contributed by atoms with Gasteiger partial charge in [-0.15, -0.1) is 0 Å². The number of phenols is 1. The van der Waals surface area contributed by atoms with Gasteiger partial charge >= 0.3 is 0 Å². The number of phenolic OH excluding ortho intramolecular Hbond substituents is 1. The van der Waals surface area contributed by atoms with Gasteiger partial charge in [0.25, 0.3) is 0 Å². The molecule has 0 atom stereocenters. The quantitative estimate of drug-likeness (QED) is 0.357. The molecule has 4 N–H and O–H groups in total. The lowest BCUT2D eigenvalue weighted by molar-refractivity contribution is 0.406. The average molecular weight is 380 g/mol. The van der Waals surface area contributed by atoms with Gasteiger partial charge in [-0.2, -0.15) is 0 Å². The molecule has 1 heterocycles. The van der Waals surface area contributed by atoms with Crippen LogP contribution < -0.4 is 15.4 Å². The highest BCUT2D eigenvalue weighted by molar-refractivity contribution is 5.83. The first-order chi connectivity index (χ1) is 13.7. The monoisotopic (exact) mass is 380 g/mol. The Morgan fingerprint density at radius 1 is 1.11 bits per heavy atom. The van der Waals surface area contributed by atoms with Crippen molar-refractivity contribution < 1.29 is 9.84 Å². The first-order valence-electron chi connectivity index (χ1n) is 9.64. The van der Waals surface area contributed by atoms with Crippen LogP contribution in [-0.4, -0.2) is 42.8 Å². The van der Waals surface area contributed by atoms with Crippen LogP contribution in [0.25, 0.3) is 10.9 Å². The summed E-state index contributed by atoms with van der Waals surface area (Å²) in [5.74, 6) is 1.68. The van der Waals surface area contributed by atoms with Gasteiger partial charge in [-0.1, -0.05) is 24.3 Å². The van der Waals surface area contributed by atoms with Crippen LogP contribution in [0.15, 0.2) is 53.7 Å². The zero-order valence-corrected chi connectivity index (χ0v) is 16.5. The molecule has 0 spiro atoms. The highest BCUT2D eigenvalue weighted by atomic mass is 16.5. The molecular weight excluding hydrogens is 352 g/mol. The zero-order valence-electron chi connectivity index (χ0n) is 16.5. The molecule has 2 aromatic carbocycles. The van der Waals surface area contributed by atoms with Crippen LogP contribution in [0.4, 0.5) is 0 Å². The summed E-state index contributed by atoms with van der Waals surface area (Å²) in [5, 5.41) is 18.0. The fourth-order valence-corrected chi connectivity index (χ4v) is 3.17. The average Bonchev–Trinajstić information content (AvgIpc) is 3.12. The highest BCUT2D eigenvalue weighted by Crippen LogP contribution is 2.23. The second kappa shape index (κ2) is 9.69. The number of rotatable bonds is 8. The minimum atomic E-state index is 0.242. The summed E-state index contributed by atoms with van der Waals surface area (Å²) >= 11 is 0. The maximum Gasteiger partial charge on any atom is 0.191 e. The normalized spacial score (nSPS) is 11.6. The van der Waals surface area contributed by atoms with Crippen molar-refractivity contribution in [1.29, 1.82) is 0 Å². The molecule has 1 aromatic heterocycles. The standard InChI is InChI=1S/C22H28N4O2/c1-3-23-22(24-12-10-16-8-9-18(28-2)14-21(16)27)25-13-11-17-15-26-20-7-5-4-6-19(17)20/h4-9,14-15,26-27H,3,10-13H2,1-2H3,(H2,23,24,25). The number of aromatic hydroxyl groups is 1. The number of aliphatic imine (C=N–C) groups is 1. The van der Waals surface area contributed by atoms with Crippen LogP contribution >= 0.6 is 0 Å². The predicted molar refractivity (Wildman–Crippen MR) is 114 cm³/mol. The lowest BCUT2D eigenvalue weighted by Gasteiger charge is -2.11. The van der Waals surface area contributed by atoms with Crippen molar-refractivity contribution in [3.8, 4) is 11.5 Å². The van der Waals surface area contributed by atoms with Crippen molar-refractivity contribution in [2.45, 2.75) is 19.8 Å². The van der Waals surface area contributed by atoms with Crippen molar-refractivity contribution in [2.24, 2.45) is 4.99 Å². The first-order valence-corrected chi connectivity index (χ1v) is 9.64. The zero-order chi connectivity index (χ0) is 19.8. The van der Waals surface area contributed by atoms with E-state index >= 15 is 0 Å². The van der Waals surface area contributed by atoms with E-state index in [1.807, 2.05) is 25.1 Å². The Morgan fingerprint density at radius 3 is 2.75 bits per heavy atom. The van der Waals surface area contributed by atoms with Crippen LogP contribution in [-0.2, 0) is 12.8 Å². The predicted octanol–water partition coefficient (Wildman–Crippen LogP) is 3.22. The fraction of sp³-hybridized carbons (Fsp3) is 0.318. The maximum absolute atomic E-state index is 10.1. The van der Waals surface area contributed by atoms with Crippen LogP contribution in [0, 0.1) is 0 Å². The molecule has 0 amide bonds. The molecule has 0 aliphatic heterocycles. The maximum atomic E-state index is 10.1. The fourth-order valence-electron chi connectivity index (χ4n) is 3.17. The summed E-state index contributed by atoms with van der Waals surface area (Å²) in [6.45, 7) is 4.22. The summed E-state index contributed by atoms with van der Waals surface area (Å²) in [6.07, 6.45) is 3.64. The van der Waals surface area contributed by atoms with Gasteiger partial charge in [-0.25, -0.2) is 0 Å². The molecule has 0 saturated carbocycles. The lowest BCUT2D eigenvalue weighted by atomic mass is 10.1.